The van der Waals surface area contributed by atoms with Crippen LogP contribution in [0.1, 0.15) is 18.4 Å². The maximum absolute atomic E-state index is 13.0. The topological polar surface area (TPSA) is 60.2 Å². The van der Waals surface area contributed by atoms with E-state index in [1.54, 1.807) is 6.08 Å². The third-order valence-electron chi connectivity index (χ3n) is 2.55. The predicted molar refractivity (Wildman–Crippen MR) is 59.9 cm³/mol. The lowest BCUT2D eigenvalue weighted by Crippen LogP contribution is -2.04. The second kappa shape index (κ2) is 3.99. The molecule has 86 valence electrons. The average Bonchev–Trinajstić information content (AvgIpc) is 2.48. The Labute approximate surface area is 93.7 Å². The van der Waals surface area contributed by atoms with Crippen molar-refractivity contribution in [3.63, 3.8) is 0 Å². The third kappa shape index (κ3) is 1.76. The molecule has 0 amide bonds. The molecule has 1 aromatic carbocycles. The summed E-state index contributed by atoms with van der Waals surface area (Å²) in [4.78, 5) is 0.401. The van der Waals surface area contributed by atoms with Crippen molar-refractivity contribution in [3.05, 3.63) is 34.5 Å². The summed E-state index contributed by atoms with van der Waals surface area (Å²) in [7, 11) is -3.48. The Kier molecular flexibility index (Phi) is 2.82. The summed E-state index contributed by atoms with van der Waals surface area (Å²) in [5.74, 6) is -0.532. The zero-order valence-electron chi connectivity index (χ0n) is 8.61. The van der Waals surface area contributed by atoms with Crippen molar-refractivity contribution in [1.82, 2.24) is 0 Å². The van der Waals surface area contributed by atoms with Gasteiger partial charge in [-0.1, -0.05) is 6.07 Å². The molecule has 0 fully saturated rings. The Hall–Kier alpha value is -1.20. The van der Waals surface area contributed by atoms with Crippen molar-refractivity contribution >= 4 is 15.9 Å². The van der Waals surface area contributed by atoms with Gasteiger partial charge >= 0.3 is 0 Å². The molecule has 0 saturated heterocycles. The highest BCUT2D eigenvalue weighted by Gasteiger charge is 2.29. The summed E-state index contributed by atoms with van der Waals surface area (Å²) in [6.07, 6.45) is 2.62. The van der Waals surface area contributed by atoms with Crippen LogP contribution in [0, 0.1) is 5.82 Å². The molecule has 1 aromatic rings. The number of rotatable bonds is 3. The molecule has 0 atom stereocenters. The van der Waals surface area contributed by atoms with E-state index in [2.05, 4.69) is 0 Å². The first-order valence-corrected chi connectivity index (χ1v) is 6.49. The van der Waals surface area contributed by atoms with Gasteiger partial charge in [-0.2, -0.15) is 0 Å². The number of allylic oxidation sites excluding steroid dienone is 1. The van der Waals surface area contributed by atoms with Crippen LogP contribution in [0.25, 0.3) is 6.08 Å². The van der Waals surface area contributed by atoms with Gasteiger partial charge in [0.1, 0.15) is 5.82 Å². The zero-order valence-corrected chi connectivity index (χ0v) is 9.43. The number of sulfone groups is 1. The van der Waals surface area contributed by atoms with Gasteiger partial charge in [0.2, 0.25) is 9.84 Å². The molecule has 0 radical (unpaired) electrons. The minimum absolute atomic E-state index is 0.0690. The number of hydrogen-bond acceptors (Lipinski definition) is 3. The summed E-state index contributed by atoms with van der Waals surface area (Å²) in [6.45, 7) is 0.442. The smallest absolute Gasteiger partial charge is 0.203 e. The lowest BCUT2D eigenvalue weighted by Gasteiger charge is -2.02. The molecule has 0 spiro atoms. The fourth-order valence-corrected chi connectivity index (χ4v) is 3.42. The van der Waals surface area contributed by atoms with Crippen LogP contribution in [-0.4, -0.2) is 15.0 Å². The second-order valence-corrected chi connectivity index (χ2v) is 5.66. The predicted octanol–water partition coefficient (Wildman–Crippen LogP) is 1.69. The minimum Gasteiger partial charge on any atom is -0.330 e. The molecule has 16 heavy (non-hydrogen) atoms. The summed E-state index contributed by atoms with van der Waals surface area (Å²) in [5.41, 5.74) is 5.91. The first kappa shape index (κ1) is 11.3. The van der Waals surface area contributed by atoms with Crippen molar-refractivity contribution in [2.75, 3.05) is 6.54 Å². The molecule has 1 aliphatic rings. The van der Waals surface area contributed by atoms with E-state index in [9.17, 15) is 12.8 Å². The van der Waals surface area contributed by atoms with Gasteiger partial charge in [-0.25, -0.2) is 12.8 Å². The maximum atomic E-state index is 13.0. The van der Waals surface area contributed by atoms with E-state index in [0.29, 0.717) is 29.9 Å². The number of benzene rings is 1. The highest BCUT2D eigenvalue weighted by Crippen LogP contribution is 2.35. The molecule has 1 heterocycles. The highest BCUT2D eigenvalue weighted by atomic mass is 32.2. The van der Waals surface area contributed by atoms with Crippen LogP contribution < -0.4 is 5.73 Å². The van der Waals surface area contributed by atoms with E-state index >= 15 is 0 Å². The summed E-state index contributed by atoms with van der Waals surface area (Å²) >= 11 is 0. The molecule has 0 aromatic heterocycles. The Morgan fingerprint density at radius 3 is 2.75 bits per heavy atom. The molecule has 3 nitrogen and oxygen atoms in total. The summed E-state index contributed by atoms with van der Waals surface area (Å²) in [6, 6.07) is 3.81. The molecule has 2 N–H and O–H groups in total. The van der Waals surface area contributed by atoms with E-state index in [-0.39, 0.29) is 4.90 Å². The van der Waals surface area contributed by atoms with Gasteiger partial charge in [-0.3, -0.25) is 0 Å². The molecular weight excluding hydrogens is 229 g/mol. The van der Waals surface area contributed by atoms with E-state index < -0.39 is 15.7 Å². The van der Waals surface area contributed by atoms with Crippen LogP contribution >= 0.6 is 0 Å². The molecular formula is C11H12FNO2S. The summed E-state index contributed by atoms with van der Waals surface area (Å²) < 4.78 is 36.9. The minimum atomic E-state index is -3.48. The van der Waals surface area contributed by atoms with Crippen LogP contribution in [-0.2, 0) is 9.84 Å². The first-order chi connectivity index (χ1) is 7.55. The van der Waals surface area contributed by atoms with Gasteiger partial charge in [-0.05, 0) is 43.2 Å². The second-order valence-electron chi connectivity index (χ2n) is 3.69. The molecule has 0 saturated carbocycles. The standard InChI is InChI=1S/C11H12FNO2S/c12-9-4-3-8-6-10(2-1-5-13)16(14,15)11(8)7-9/h3-4,6-7H,1-2,5,13H2. The van der Waals surface area contributed by atoms with Gasteiger partial charge in [0.25, 0.3) is 0 Å². The quantitative estimate of drug-likeness (QED) is 0.876. The van der Waals surface area contributed by atoms with Gasteiger partial charge in [0.05, 0.1) is 4.90 Å². The van der Waals surface area contributed by atoms with Crippen LogP contribution in [0.2, 0.25) is 0 Å². The number of fused-ring (bicyclic) bond motifs is 1. The largest absolute Gasteiger partial charge is 0.330 e. The van der Waals surface area contributed by atoms with Crippen molar-refractivity contribution in [1.29, 1.82) is 0 Å². The maximum Gasteiger partial charge on any atom is 0.203 e. The lowest BCUT2D eigenvalue weighted by atomic mass is 10.2. The Bertz CT molecular complexity index is 549. The Morgan fingerprint density at radius 1 is 1.31 bits per heavy atom. The van der Waals surface area contributed by atoms with Crippen molar-refractivity contribution in [2.45, 2.75) is 17.7 Å². The Morgan fingerprint density at radius 2 is 2.06 bits per heavy atom. The number of hydrogen-bond donors (Lipinski definition) is 1. The third-order valence-corrected chi connectivity index (χ3v) is 4.50. The molecule has 0 aliphatic carbocycles. The van der Waals surface area contributed by atoms with E-state index in [1.165, 1.54) is 12.1 Å². The van der Waals surface area contributed by atoms with Gasteiger partial charge in [-0.15, -0.1) is 0 Å². The lowest BCUT2D eigenvalue weighted by molar-refractivity contribution is 0.595. The fraction of sp³-hybridized carbons (Fsp3) is 0.273. The zero-order chi connectivity index (χ0) is 11.8. The Balaban J connectivity index is 2.44. The molecule has 5 heteroatoms. The first-order valence-electron chi connectivity index (χ1n) is 5.01. The van der Waals surface area contributed by atoms with Gasteiger partial charge in [0.15, 0.2) is 0 Å². The van der Waals surface area contributed by atoms with E-state index in [0.717, 1.165) is 6.07 Å². The van der Waals surface area contributed by atoms with Crippen LogP contribution in [0.3, 0.4) is 0 Å². The molecule has 1 aliphatic heterocycles. The van der Waals surface area contributed by atoms with Gasteiger partial charge in [0, 0.05) is 4.91 Å². The van der Waals surface area contributed by atoms with Crippen LogP contribution in [0.5, 0.6) is 0 Å². The average molecular weight is 241 g/mol. The summed E-state index contributed by atoms with van der Waals surface area (Å²) in [5, 5.41) is 0. The fourth-order valence-electron chi connectivity index (χ4n) is 1.74. The van der Waals surface area contributed by atoms with E-state index in [1.807, 2.05) is 0 Å². The molecule has 0 bridgehead atoms. The number of halogens is 1. The SMILES string of the molecule is NCCCC1=Cc2ccc(F)cc2S1(=O)=O. The van der Waals surface area contributed by atoms with Crippen molar-refractivity contribution in [2.24, 2.45) is 5.73 Å². The van der Waals surface area contributed by atoms with E-state index in [4.69, 9.17) is 5.73 Å². The van der Waals surface area contributed by atoms with Crippen LogP contribution in [0.15, 0.2) is 28.0 Å². The van der Waals surface area contributed by atoms with Crippen molar-refractivity contribution in [3.8, 4) is 0 Å². The normalized spacial score (nSPS) is 17.0. The van der Waals surface area contributed by atoms with Crippen molar-refractivity contribution < 1.29 is 12.8 Å². The molecule has 0 unspecified atom stereocenters. The molecule has 2 rings (SSSR count). The van der Waals surface area contributed by atoms with Crippen LogP contribution in [0.4, 0.5) is 4.39 Å². The number of nitrogens with two attached hydrogens (primary N) is 1. The monoisotopic (exact) mass is 241 g/mol. The highest BCUT2D eigenvalue weighted by molar-refractivity contribution is 7.95. The van der Waals surface area contributed by atoms with Gasteiger partial charge < -0.3 is 5.73 Å².